The molecule has 2 heteroatoms. The topological polar surface area (TPSA) is 21.3 Å². The zero-order chi connectivity index (χ0) is 14.1. The lowest BCUT2D eigenvalue weighted by atomic mass is 10.1. The van der Waals surface area contributed by atoms with E-state index in [1.165, 1.54) is 11.1 Å². The van der Waals surface area contributed by atoms with Gasteiger partial charge in [0, 0.05) is 6.54 Å². The molecule has 1 aromatic carbocycles. The summed E-state index contributed by atoms with van der Waals surface area (Å²) < 4.78 is 6.00. The first kappa shape index (κ1) is 15.9. The van der Waals surface area contributed by atoms with Crippen LogP contribution in [0.1, 0.15) is 38.9 Å². The molecule has 1 rings (SSSR count). The standard InChI is InChI=1S/C17H27NO/c1-14(2)10-11-19-17(13-18-12-15(3)4)16-8-6-5-7-9-16/h5-9,15,17-18H,1,10-13H2,2-4H3. The van der Waals surface area contributed by atoms with Gasteiger partial charge in [-0.15, -0.1) is 6.58 Å². The molecule has 0 aliphatic rings. The van der Waals surface area contributed by atoms with Gasteiger partial charge in [0.1, 0.15) is 0 Å². The Hall–Kier alpha value is -1.12. The third kappa shape index (κ3) is 7.14. The lowest BCUT2D eigenvalue weighted by Gasteiger charge is -2.20. The SMILES string of the molecule is C=C(C)CCOC(CNCC(C)C)c1ccccc1. The third-order valence-electron chi connectivity index (χ3n) is 2.90. The van der Waals surface area contributed by atoms with E-state index >= 15 is 0 Å². The van der Waals surface area contributed by atoms with Crippen LogP contribution in [0.15, 0.2) is 42.5 Å². The van der Waals surface area contributed by atoms with Crippen LogP contribution >= 0.6 is 0 Å². The maximum atomic E-state index is 6.00. The van der Waals surface area contributed by atoms with Crippen LogP contribution < -0.4 is 5.32 Å². The largest absolute Gasteiger partial charge is 0.372 e. The van der Waals surface area contributed by atoms with Crippen molar-refractivity contribution in [2.75, 3.05) is 19.7 Å². The van der Waals surface area contributed by atoms with Gasteiger partial charge in [-0.25, -0.2) is 0 Å². The van der Waals surface area contributed by atoms with E-state index in [1.807, 2.05) is 13.0 Å². The van der Waals surface area contributed by atoms with Gasteiger partial charge < -0.3 is 10.1 Å². The first-order valence-corrected chi connectivity index (χ1v) is 7.11. The summed E-state index contributed by atoms with van der Waals surface area (Å²) in [6.45, 7) is 13.0. The lowest BCUT2D eigenvalue weighted by molar-refractivity contribution is 0.0544. The highest BCUT2D eigenvalue weighted by molar-refractivity contribution is 5.17. The summed E-state index contributed by atoms with van der Waals surface area (Å²) in [6.07, 6.45) is 1.05. The molecular formula is C17H27NO. The van der Waals surface area contributed by atoms with Crippen LogP contribution in [-0.4, -0.2) is 19.7 Å². The fourth-order valence-electron chi connectivity index (χ4n) is 1.82. The van der Waals surface area contributed by atoms with Gasteiger partial charge in [-0.2, -0.15) is 0 Å². The molecule has 0 amide bonds. The van der Waals surface area contributed by atoms with Gasteiger partial charge in [0.25, 0.3) is 0 Å². The second-order valence-corrected chi connectivity index (χ2v) is 5.53. The Labute approximate surface area is 117 Å². The van der Waals surface area contributed by atoms with E-state index in [-0.39, 0.29) is 6.10 Å². The van der Waals surface area contributed by atoms with Crippen molar-refractivity contribution in [1.29, 1.82) is 0 Å². The number of benzene rings is 1. The fraction of sp³-hybridized carbons (Fsp3) is 0.529. The van der Waals surface area contributed by atoms with E-state index in [1.54, 1.807) is 0 Å². The second kappa shape index (κ2) is 8.89. The molecule has 0 bridgehead atoms. The van der Waals surface area contributed by atoms with Crippen molar-refractivity contribution in [1.82, 2.24) is 5.32 Å². The van der Waals surface area contributed by atoms with Crippen LogP contribution in [0.4, 0.5) is 0 Å². The zero-order valence-electron chi connectivity index (χ0n) is 12.5. The van der Waals surface area contributed by atoms with E-state index in [0.717, 1.165) is 26.1 Å². The minimum Gasteiger partial charge on any atom is -0.372 e. The van der Waals surface area contributed by atoms with Crippen molar-refractivity contribution >= 4 is 0 Å². The second-order valence-electron chi connectivity index (χ2n) is 5.53. The number of ether oxygens (including phenoxy) is 1. The summed E-state index contributed by atoms with van der Waals surface area (Å²) in [7, 11) is 0. The summed E-state index contributed by atoms with van der Waals surface area (Å²) >= 11 is 0. The highest BCUT2D eigenvalue weighted by Crippen LogP contribution is 2.17. The molecule has 2 nitrogen and oxygen atoms in total. The van der Waals surface area contributed by atoms with Crippen molar-refractivity contribution in [3.05, 3.63) is 48.0 Å². The third-order valence-corrected chi connectivity index (χ3v) is 2.90. The van der Waals surface area contributed by atoms with Crippen molar-refractivity contribution in [2.45, 2.75) is 33.3 Å². The molecule has 0 aliphatic heterocycles. The minimum atomic E-state index is 0.124. The molecule has 1 aromatic rings. The molecule has 0 saturated heterocycles. The first-order valence-electron chi connectivity index (χ1n) is 7.11. The van der Waals surface area contributed by atoms with Gasteiger partial charge in [0.05, 0.1) is 12.7 Å². The molecule has 0 aliphatic carbocycles. The van der Waals surface area contributed by atoms with Gasteiger partial charge in [-0.1, -0.05) is 49.8 Å². The molecule has 0 saturated carbocycles. The summed E-state index contributed by atoms with van der Waals surface area (Å²) in [5.41, 5.74) is 2.41. The molecule has 0 fully saturated rings. The molecular weight excluding hydrogens is 234 g/mol. The van der Waals surface area contributed by atoms with E-state index in [0.29, 0.717) is 5.92 Å². The zero-order valence-corrected chi connectivity index (χ0v) is 12.5. The molecule has 1 atom stereocenters. The van der Waals surface area contributed by atoms with Crippen LogP contribution in [0.3, 0.4) is 0 Å². The average molecular weight is 261 g/mol. The van der Waals surface area contributed by atoms with E-state index in [4.69, 9.17) is 4.74 Å². The Morgan fingerprint density at radius 2 is 1.89 bits per heavy atom. The highest BCUT2D eigenvalue weighted by atomic mass is 16.5. The predicted octanol–water partition coefficient (Wildman–Crippen LogP) is 3.96. The van der Waals surface area contributed by atoms with Gasteiger partial charge in [-0.3, -0.25) is 0 Å². The molecule has 1 unspecified atom stereocenters. The van der Waals surface area contributed by atoms with Gasteiger partial charge in [0.15, 0.2) is 0 Å². The molecule has 0 radical (unpaired) electrons. The first-order chi connectivity index (χ1) is 9.09. The summed E-state index contributed by atoms with van der Waals surface area (Å²) in [5, 5.41) is 3.47. The van der Waals surface area contributed by atoms with Crippen molar-refractivity contribution in [3.63, 3.8) is 0 Å². The number of rotatable bonds is 9. The van der Waals surface area contributed by atoms with Crippen LogP contribution in [-0.2, 0) is 4.74 Å². The monoisotopic (exact) mass is 261 g/mol. The Bertz CT molecular complexity index is 359. The number of hydrogen-bond acceptors (Lipinski definition) is 2. The van der Waals surface area contributed by atoms with Crippen molar-refractivity contribution in [3.8, 4) is 0 Å². The molecule has 0 aromatic heterocycles. The Kier molecular flexibility index (Phi) is 7.46. The maximum absolute atomic E-state index is 6.00. The predicted molar refractivity (Wildman–Crippen MR) is 82.3 cm³/mol. The Morgan fingerprint density at radius 3 is 2.47 bits per heavy atom. The molecule has 1 N–H and O–H groups in total. The minimum absolute atomic E-state index is 0.124. The average Bonchev–Trinajstić information content (AvgIpc) is 2.37. The molecule has 0 heterocycles. The summed E-state index contributed by atoms with van der Waals surface area (Å²) in [5.74, 6) is 0.659. The molecule has 0 spiro atoms. The van der Waals surface area contributed by atoms with E-state index in [2.05, 4.69) is 50.0 Å². The number of hydrogen-bond donors (Lipinski definition) is 1. The molecule has 19 heavy (non-hydrogen) atoms. The van der Waals surface area contributed by atoms with E-state index < -0.39 is 0 Å². The smallest absolute Gasteiger partial charge is 0.0949 e. The highest BCUT2D eigenvalue weighted by Gasteiger charge is 2.11. The van der Waals surface area contributed by atoms with Crippen LogP contribution in [0.2, 0.25) is 0 Å². The molecule has 106 valence electrons. The van der Waals surface area contributed by atoms with Crippen LogP contribution in [0.5, 0.6) is 0 Å². The maximum Gasteiger partial charge on any atom is 0.0949 e. The van der Waals surface area contributed by atoms with Gasteiger partial charge in [-0.05, 0) is 31.4 Å². The van der Waals surface area contributed by atoms with Crippen LogP contribution in [0, 0.1) is 5.92 Å². The normalized spacial score (nSPS) is 12.6. The summed E-state index contributed by atoms with van der Waals surface area (Å²) in [6, 6.07) is 10.4. The van der Waals surface area contributed by atoms with E-state index in [9.17, 15) is 0 Å². The van der Waals surface area contributed by atoms with Gasteiger partial charge in [0.2, 0.25) is 0 Å². The number of nitrogens with one attached hydrogen (secondary N) is 1. The lowest BCUT2D eigenvalue weighted by Crippen LogP contribution is -2.27. The fourth-order valence-corrected chi connectivity index (χ4v) is 1.82. The Morgan fingerprint density at radius 1 is 1.21 bits per heavy atom. The van der Waals surface area contributed by atoms with Crippen molar-refractivity contribution in [2.24, 2.45) is 5.92 Å². The summed E-state index contributed by atoms with van der Waals surface area (Å²) in [4.78, 5) is 0. The quantitative estimate of drug-likeness (QED) is 0.679. The van der Waals surface area contributed by atoms with Crippen molar-refractivity contribution < 1.29 is 4.74 Å². The Balaban J connectivity index is 2.50. The van der Waals surface area contributed by atoms with Crippen LogP contribution in [0.25, 0.3) is 0 Å². The van der Waals surface area contributed by atoms with Gasteiger partial charge >= 0.3 is 0 Å².